The lowest BCUT2D eigenvalue weighted by molar-refractivity contribution is -0.0567. The summed E-state index contributed by atoms with van der Waals surface area (Å²) >= 11 is 0. The third-order valence-corrected chi connectivity index (χ3v) is 6.30. The molecule has 10 heteroatoms. The Bertz CT molecular complexity index is 1040. The number of hydrogen-bond acceptors (Lipinski definition) is 3. The van der Waals surface area contributed by atoms with Crippen molar-refractivity contribution in [2.75, 3.05) is 6.26 Å². The van der Waals surface area contributed by atoms with Gasteiger partial charge < -0.3 is 5.32 Å². The van der Waals surface area contributed by atoms with E-state index in [0.717, 1.165) is 18.4 Å². The molecule has 2 heterocycles. The molecule has 1 saturated carbocycles. The molecule has 0 radical (unpaired) electrons. The second-order valence-corrected chi connectivity index (χ2v) is 9.70. The van der Waals surface area contributed by atoms with Crippen molar-refractivity contribution in [1.29, 1.82) is 0 Å². The number of alkyl halides is 1. The minimum Gasteiger partial charge on any atom is -0.309 e. The van der Waals surface area contributed by atoms with E-state index < -0.39 is 45.2 Å². The van der Waals surface area contributed by atoms with Gasteiger partial charge in [0.15, 0.2) is 0 Å². The number of piperidine rings is 2. The highest BCUT2D eigenvalue weighted by Crippen LogP contribution is 2.45. The Morgan fingerprint density at radius 1 is 1.13 bits per heavy atom. The summed E-state index contributed by atoms with van der Waals surface area (Å²) in [4.78, 5) is 0. The summed E-state index contributed by atoms with van der Waals surface area (Å²) in [5, 5.41) is 3.18. The summed E-state index contributed by atoms with van der Waals surface area (Å²) in [5.74, 6) is -2.32. The molecule has 3 aliphatic rings. The predicted octanol–water partition coefficient (Wildman–Crippen LogP) is 3.50. The Labute approximate surface area is 178 Å². The molecule has 0 spiro atoms. The topological polar surface area (TPSA) is 58.2 Å². The first-order valence-electron chi connectivity index (χ1n) is 9.20. The molecular weight excluding hydrogens is 444 g/mol. The lowest BCUT2D eigenvalue weighted by Gasteiger charge is -2.55. The lowest BCUT2D eigenvalue weighted by atomic mass is 9.65. The molecule has 4 nitrogen and oxygen atoms in total. The average Bonchev–Trinajstić information content (AvgIpc) is 2.56. The van der Waals surface area contributed by atoms with Crippen LogP contribution in [0.5, 0.6) is 0 Å². The fourth-order valence-corrected chi connectivity index (χ4v) is 5.23. The number of nitrogens with one attached hydrogen (secondary N) is 2. The summed E-state index contributed by atoms with van der Waals surface area (Å²) in [5.41, 5.74) is -1.41. The van der Waals surface area contributed by atoms with Crippen molar-refractivity contribution >= 4 is 22.4 Å². The normalized spacial score (nSPS) is 27.8. The molecule has 1 aliphatic carbocycles. The molecule has 2 aromatic carbocycles. The first-order chi connectivity index (χ1) is 13.5. The zero-order valence-electron chi connectivity index (χ0n) is 16.0. The molecule has 2 bridgehead atoms. The highest BCUT2D eigenvalue weighted by atomic mass is 35.5. The van der Waals surface area contributed by atoms with Crippen LogP contribution in [0, 0.1) is 17.5 Å². The molecule has 5 rings (SSSR count). The van der Waals surface area contributed by atoms with E-state index in [0.29, 0.717) is 6.07 Å². The molecule has 164 valence electrons. The largest absolute Gasteiger partial charge is 0.309 e. The minimum atomic E-state index is -3.67. The maximum absolute atomic E-state index is 15.1. The van der Waals surface area contributed by atoms with Gasteiger partial charge in [-0.25, -0.2) is 30.7 Å². The summed E-state index contributed by atoms with van der Waals surface area (Å²) in [6.07, 6.45) is 1.37. The van der Waals surface area contributed by atoms with Crippen LogP contribution in [-0.4, -0.2) is 38.5 Å². The van der Waals surface area contributed by atoms with E-state index >= 15 is 8.78 Å². The van der Waals surface area contributed by atoms with Crippen molar-refractivity contribution in [3.05, 3.63) is 59.4 Å². The Kier molecular flexibility index (Phi) is 6.21. The molecule has 0 unspecified atom stereocenters. The Morgan fingerprint density at radius 2 is 1.77 bits per heavy atom. The molecule has 2 aliphatic heterocycles. The highest BCUT2D eigenvalue weighted by molar-refractivity contribution is 7.88. The molecule has 0 aromatic heterocycles. The van der Waals surface area contributed by atoms with Crippen LogP contribution in [0.1, 0.15) is 18.4 Å². The fraction of sp³-hybridized carbons (Fsp3) is 0.400. The fourth-order valence-electron chi connectivity index (χ4n) is 4.39. The summed E-state index contributed by atoms with van der Waals surface area (Å²) in [6, 6.07) is 5.43. The number of benzene rings is 2. The average molecular weight is 465 g/mol. The number of fused-ring (bicyclic) bond motifs is 2. The minimum absolute atomic E-state index is 0. The van der Waals surface area contributed by atoms with Gasteiger partial charge in [-0.05, 0) is 42.5 Å². The van der Waals surface area contributed by atoms with Gasteiger partial charge in [0, 0.05) is 23.7 Å². The van der Waals surface area contributed by atoms with Gasteiger partial charge in [-0.2, -0.15) is 0 Å². The zero-order chi connectivity index (χ0) is 21.0. The quantitative estimate of drug-likeness (QED) is 0.666. The number of rotatable bonds is 5. The summed E-state index contributed by atoms with van der Waals surface area (Å²) < 4.78 is 83.1. The van der Waals surface area contributed by atoms with Crippen molar-refractivity contribution in [3.8, 4) is 11.1 Å². The van der Waals surface area contributed by atoms with Crippen LogP contribution >= 0.6 is 12.4 Å². The lowest BCUT2D eigenvalue weighted by Crippen LogP contribution is -2.75. The van der Waals surface area contributed by atoms with E-state index in [9.17, 15) is 17.2 Å². The molecular formula is C20H21ClF4N2O2S. The number of hydrogen-bond donors (Lipinski definition) is 2. The van der Waals surface area contributed by atoms with E-state index in [4.69, 9.17) is 0 Å². The summed E-state index contributed by atoms with van der Waals surface area (Å²) in [7, 11) is -3.67. The van der Waals surface area contributed by atoms with Gasteiger partial charge in [0.1, 0.15) is 23.1 Å². The van der Waals surface area contributed by atoms with E-state index in [1.54, 1.807) is 6.07 Å². The van der Waals surface area contributed by atoms with E-state index in [1.807, 2.05) is 0 Å². The molecule has 0 amide bonds. The Hall–Kier alpha value is -1.68. The van der Waals surface area contributed by atoms with Crippen LogP contribution in [0.4, 0.5) is 17.6 Å². The van der Waals surface area contributed by atoms with Gasteiger partial charge in [0.25, 0.3) is 0 Å². The maximum atomic E-state index is 15.1. The van der Waals surface area contributed by atoms with Crippen LogP contribution in [0.15, 0.2) is 36.4 Å². The first kappa shape index (κ1) is 23.0. The second-order valence-electron chi connectivity index (χ2n) is 7.92. The van der Waals surface area contributed by atoms with Crippen LogP contribution < -0.4 is 10.0 Å². The molecule has 3 fully saturated rings. The number of sulfonamides is 1. The van der Waals surface area contributed by atoms with Gasteiger partial charge in [-0.15, -0.1) is 12.4 Å². The summed E-state index contributed by atoms with van der Waals surface area (Å²) in [6.45, 7) is 0. The molecule has 30 heavy (non-hydrogen) atoms. The van der Waals surface area contributed by atoms with Gasteiger partial charge in [0.05, 0.1) is 12.3 Å². The highest BCUT2D eigenvalue weighted by Gasteiger charge is 2.58. The van der Waals surface area contributed by atoms with Gasteiger partial charge in [-0.3, -0.25) is 0 Å². The maximum Gasteiger partial charge on any atom is 0.209 e. The van der Waals surface area contributed by atoms with Crippen molar-refractivity contribution in [3.63, 3.8) is 0 Å². The van der Waals surface area contributed by atoms with Gasteiger partial charge >= 0.3 is 0 Å². The van der Waals surface area contributed by atoms with Crippen molar-refractivity contribution in [2.24, 2.45) is 0 Å². The zero-order valence-corrected chi connectivity index (χ0v) is 17.6. The first-order valence-corrected chi connectivity index (χ1v) is 11.1. The van der Waals surface area contributed by atoms with Crippen LogP contribution in [0.2, 0.25) is 0 Å². The molecule has 2 N–H and O–H groups in total. The SMILES string of the molecule is CS(=O)(=O)N[C@@H]1[C@H](Cc2cccc(-c3cc(F)cc(F)c3)c2F)NC2CC1(F)C2.Cl. The van der Waals surface area contributed by atoms with Crippen molar-refractivity contribution in [1.82, 2.24) is 10.0 Å². The second kappa shape index (κ2) is 8.11. The van der Waals surface area contributed by atoms with E-state index in [1.165, 1.54) is 12.1 Å². The number of halogens is 5. The van der Waals surface area contributed by atoms with Gasteiger partial charge in [0.2, 0.25) is 10.0 Å². The molecule has 2 saturated heterocycles. The monoisotopic (exact) mass is 464 g/mol. The van der Waals surface area contributed by atoms with Crippen molar-refractivity contribution < 1.29 is 26.0 Å². The Balaban J connectivity index is 0.00000256. The van der Waals surface area contributed by atoms with E-state index in [2.05, 4.69) is 10.0 Å². The molecule has 2 atom stereocenters. The van der Waals surface area contributed by atoms with Crippen molar-refractivity contribution in [2.45, 2.75) is 43.1 Å². The smallest absolute Gasteiger partial charge is 0.209 e. The van der Waals surface area contributed by atoms with E-state index in [-0.39, 0.29) is 54.4 Å². The Morgan fingerprint density at radius 3 is 2.37 bits per heavy atom. The molecule has 2 aromatic rings. The van der Waals surface area contributed by atoms with Crippen LogP contribution in [0.25, 0.3) is 11.1 Å². The predicted molar refractivity (Wildman–Crippen MR) is 108 cm³/mol. The standard InChI is InChI=1S/C20H20F4N2O2S.ClH/c1-29(27,28)26-19-17(25-15-9-20(19,24)10-15)7-11-3-2-4-16(18(11)23)12-5-13(21)8-14(22)6-12;/h2-6,8,15,17,19,25-26H,7,9-10H2,1H3;1H/t15?,17-,19+,20?;/m0./s1. The third kappa shape index (κ3) is 4.49. The van der Waals surface area contributed by atoms with Crippen LogP contribution in [-0.2, 0) is 16.4 Å². The third-order valence-electron chi connectivity index (χ3n) is 5.61. The van der Waals surface area contributed by atoms with Gasteiger partial charge in [-0.1, -0.05) is 18.2 Å². The van der Waals surface area contributed by atoms with Crippen LogP contribution in [0.3, 0.4) is 0 Å².